The molecule has 2 N–H and O–H groups in total. The van der Waals surface area contributed by atoms with Crippen LogP contribution in [0.5, 0.6) is 0 Å². The zero-order chi connectivity index (χ0) is 20.9. The average molecular weight is 407 g/mol. The third-order valence-electron chi connectivity index (χ3n) is 6.38. The van der Waals surface area contributed by atoms with Gasteiger partial charge in [0.05, 0.1) is 6.42 Å². The van der Waals surface area contributed by atoms with Gasteiger partial charge in [-0.1, -0.05) is 6.07 Å². The molecule has 0 saturated carbocycles. The van der Waals surface area contributed by atoms with Crippen LogP contribution in [-0.4, -0.2) is 47.9 Å². The quantitative estimate of drug-likeness (QED) is 0.800. The molecule has 30 heavy (non-hydrogen) atoms. The number of rotatable bonds is 5. The molecular formula is C24H30N4O2. The number of anilines is 1. The van der Waals surface area contributed by atoms with Crippen LogP contribution < -0.4 is 10.6 Å². The van der Waals surface area contributed by atoms with Gasteiger partial charge in [-0.3, -0.25) is 14.6 Å². The second kappa shape index (κ2) is 9.39. The van der Waals surface area contributed by atoms with Crippen LogP contribution in [0.25, 0.3) is 0 Å². The Kier molecular flexibility index (Phi) is 6.43. The summed E-state index contributed by atoms with van der Waals surface area (Å²) in [6.45, 7) is 5.76. The Hall–Kier alpha value is -2.73. The van der Waals surface area contributed by atoms with Crippen molar-refractivity contribution in [2.24, 2.45) is 11.8 Å². The van der Waals surface area contributed by atoms with Crippen molar-refractivity contribution in [2.75, 3.05) is 31.5 Å². The number of amides is 2. The summed E-state index contributed by atoms with van der Waals surface area (Å²) >= 11 is 0. The normalized spacial score (nSPS) is 21.4. The molecule has 158 valence electrons. The number of hydrogen-bond acceptors (Lipinski definition) is 4. The topological polar surface area (TPSA) is 74.3 Å². The van der Waals surface area contributed by atoms with Gasteiger partial charge < -0.3 is 15.5 Å². The number of aromatic nitrogens is 1. The molecule has 2 aromatic rings. The number of benzene rings is 1. The van der Waals surface area contributed by atoms with Gasteiger partial charge in [-0.15, -0.1) is 0 Å². The van der Waals surface area contributed by atoms with Crippen molar-refractivity contribution in [3.05, 3.63) is 59.4 Å². The number of nitrogens with zero attached hydrogens (tertiary/aromatic N) is 2. The van der Waals surface area contributed by atoms with Crippen molar-refractivity contribution in [3.8, 4) is 0 Å². The van der Waals surface area contributed by atoms with Crippen LogP contribution in [0.2, 0.25) is 0 Å². The Balaban J connectivity index is 1.42. The Morgan fingerprint density at radius 2 is 2.00 bits per heavy atom. The molecule has 6 heteroatoms. The maximum atomic E-state index is 13.2. The number of pyridine rings is 1. The van der Waals surface area contributed by atoms with E-state index in [1.54, 1.807) is 12.4 Å². The molecule has 2 unspecified atom stereocenters. The Morgan fingerprint density at radius 3 is 2.77 bits per heavy atom. The molecule has 2 amide bonds. The molecule has 2 fully saturated rings. The minimum Gasteiger partial charge on any atom is -0.338 e. The van der Waals surface area contributed by atoms with Gasteiger partial charge >= 0.3 is 0 Å². The van der Waals surface area contributed by atoms with Gasteiger partial charge in [-0.25, -0.2) is 0 Å². The molecule has 0 spiro atoms. The fraction of sp³-hybridized carbons (Fsp3) is 0.458. The molecule has 2 atom stereocenters. The van der Waals surface area contributed by atoms with Crippen molar-refractivity contribution in [2.45, 2.75) is 32.6 Å². The van der Waals surface area contributed by atoms with E-state index in [-0.39, 0.29) is 18.2 Å². The van der Waals surface area contributed by atoms with Crippen LogP contribution in [0.1, 0.15) is 40.7 Å². The minimum atomic E-state index is -0.0966. The lowest BCUT2D eigenvalue weighted by atomic mass is 9.84. The lowest BCUT2D eigenvalue weighted by molar-refractivity contribution is -0.115. The highest BCUT2D eigenvalue weighted by Gasteiger charge is 2.31. The van der Waals surface area contributed by atoms with E-state index in [4.69, 9.17) is 0 Å². The van der Waals surface area contributed by atoms with E-state index in [2.05, 4.69) is 15.6 Å². The molecule has 1 aromatic heterocycles. The Bertz CT molecular complexity index is 893. The molecule has 2 aliphatic heterocycles. The predicted octanol–water partition coefficient (Wildman–Crippen LogP) is 3.03. The van der Waals surface area contributed by atoms with Crippen LogP contribution in [0.4, 0.5) is 5.69 Å². The maximum Gasteiger partial charge on any atom is 0.253 e. The summed E-state index contributed by atoms with van der Waals surface area (Å²) in [5.74, 6) is 1.24. The van der Waals surface area contributed by atoms with Crippen molar-refractivity contribution in [3.63, 3.8) is 0 Å². The van der Waals surface area contributed by atoms with E-state index in [9.17, 15) is 9.59 Å². The van der Waals surface area contributed by atoms with Gasteiger partial charge in [0.2, 0.25) is 5.91 Å². The first kappa shape index (κ1) is 20.5. The number of nitrogens with one attached hydrogen (secondary N) is 2. The number of aryl methyl sites for hydroxylation is 1. The number of carbonyl (C=O) groups is 2. The van der Waals surface area contributed by atoms with Gasteiger partial charge in [0, 0.05) is 36.7 Å². The third kappa shape index (κ3) is 4.87. The first-order valence-electron chi connectivity index (χ1n) is 10.9. The summed E-state index contributed by atoms with van der Waals surface area (Å²) in [6, 6.07) is 9.27. The summed E-state index contributed by atoms with van der Waals surface area (Å²) in [5, 5.41) is 6.42. The van der Waals surface area contributed by atoms with Gasteiger partial charge in [0.1, 0.15) is 0 Å². The smallest absolute Gasteiger partial charge is 0.253 e. The van der Waals surface area contributed by atoms with E-state index in [1.807, 2.05) is 42.2 Å². The van der Waals surface area contributed by atoms with Gasteiger partial charge in [-0.05, 0) is 86.5 Å². The number of piperidine rings is 1. The standard InChI is InChI=1S/C24H30N4O2/c1-17-4-5-19(14-22(17)27-23(29)13-18-6-9-25-10-7-18)24(30)28-12-2-3-21(16-28)20-8-11-26-15-20/h4-7,9-10,14,20-21,26H,2-3,8,11-13,15-16H2,1H3,(H,27,29). The lowest BCUT2D eigenvalue weighted by Crippen LogP contribution is -2.42. The number of likely N-dealkylation sites (tertiary alicyclic amines) is 1. The van der Waals surface area contributed by atoms with E-state index in [0.717, 1.165) is 43.7 Å². The van der Waals surface area contributed by atoms with E-state index in [0.29, 0.717) is 23.1 Å². The molecular weight excluding hydrogens is 376 g/mol. The van der Waals surface area contributed by atoms with Crippen LogP contribution in [-0.2, 0) is 11.2 Å². The summed E-state index contributed by atoms with van der Waals surface area (Å²) in [5.41, 5.74) is 3.20. The summed E-state index contributed by atoms with van der Waals surface area (Å²) in [4.78, 5) is 31.6. The fourth-order valence-corrected chi connectivity index (χ4v) is 4.61. The summed E-state index contributed by atoms with van der Waals surface area (Å²) in [7, 11) is 0. The Labute approximate surface area is 178 Å². The number of carbonyl (C=O) groups excluding carboxylic acids is 2. The second-order valence-electron chi connectivity index (χ2n) is 8.52. The Morgan fingerprint density at radius 1 is 1.17 bits per heavy atom. The highest BCUT2D eigenvalue weighted by atomic mass is 16.2. The average Bonchev–Trinajstić information content (AvgIpc) is 3.31. The highest BCUT2D eigenvalue weighted by molar-refractivity contribution is 5.98. The molecule has 6 nitrogen and oxygen atoms in total. The van der Waals surface area contributed by atoms with Crippen molar-refractivity contribution in [1.82, 2.24) is 15.2 Å². The molecule has 2 aliphatic rings. The van der Waals surface area contributed by atoms with E-state index >= 15 is 0 Å². The van der Waals surface area contributed by atoms with Gasteiger partial charge in [0.15, 0.2) is 0 Å². The minimum absolute atomic E-state index is 0.0651. The van der Waals surface area contributed by atoms with Crippen molar-refractivity contribution < 1.29 is 9.59 Å². The number of hydrogen-bond donors (Lipinski definition) is 2. The summed E-state index contributed by atoms with van der Waals surface area (Å²) < 4.78 is 0. The largest absolute Gasteiger partial charge is 0.338 e. The van der Waals surface area contributed by atoms with Crippen LogP contribution >= 0.6 is 0 Å². The SMILES string of the molecule is Cc1ccc(C(=O)N2CCCC(C3CCNC3)C2)cc1NC(=O)Cc1ccncc1. The zero-order valence-electron chi connectivity index (χ0n) is 17.6. The monoisotopic (exact) mass is 406 g/mol. The van der Waals surface area contributed by atoms with Crippen molar-refractivity contribution >= 4 is 17.5 Å². The summed E-state index contributed by atoms with van der Waals surface area (Å²) in [6.07, 6.45) is 7.13. The molecule has 0 radical (unpaired) electrons. The molecule has 0 bridgehead atoms. The lowest BCUT2D eigenvalue weighted by Gasteiger charge is -2.35. The van der Waals surface area contributed by atoms with Gasteiger partial charge in [-0.2, -0.15) is 0 Å². The third-order valence-corrected chi connectivity index (χ3v) is 6.38. The molecule has 4 rings (SSSR count). The molecule has 1 aromatic carbocycles. The van der Waals surface area contributed by atoms with Crippen LogP contribution in [0.3, 0.4) is 0 Å². The first-order valence-corrected chi connectivity index (χ1v) is 10.9. The van der Waals surface area contributed by atoms with E-state index < -0.39 is 0 Å². The fourth-order valence-electron chi connectivity index (χ4n) is 4.61. The second-order valence-corrected chi connectivity index (χ2v) is 8.52. The first-order chi connectivity index (χ1) is 14.6. The zero-order valence-corrected chi connectivity index (χ0v) is 17.6. The molecule has 0 aliphatic carbocycles. The van der Waals surface area contributed by atoms with E-state index in [1.165, 1.54) is 12.8 Å². The molecule has 2 saturated heterocycles. The van der Waals surface area contributed by atoms with Crippen LogP contribution in [0, 0.1) is 18.8 Å². The maximum absolute atomic E-state index is 13.2. The van der Waals surface area contributed by atoms with Crippen LogP contribution in [0.15, 0.2) is 42.7 Å². The highest BCUT2D eigenvalue weighted by Crippen LogP contribution is 2.29. The molecule has 3 heterocycles. The predicted molar refractivity (Wildman–Crippen MR) is 117 cm³/mol. The van der Waals surface area contributed by atoms with Gasteiger partial charge in [0.25, 0.3) is 5.91 Å². The van der Waals surface area contributed by atoms with Crippen molar-refractivity contribution in [1.29, 1.82) is 0 Å².